The van der Waals surface area contributed by atoms with Crippen molar-refractivity contribution in [3.63, 3.8) is 0 Å². The standard InChI is InChI=1S/C22H25N3O3S3/c1-13-6-4-7-15(10-13)25-20(27)18-16-8-5-9-29-21(16)31-19(18)24-22(25)30-12-17(26)23-14(2)11-28-3/h4,6-7,10,14H,5,8-9,11-12H2,1-3H3,(H,23,26). The molecule has 1 unspecified atom stereocenters. The van der Waals surface area contributed by atoms with Crippen molar-refractivity contribution >= 4 is 51.0 Å². The van der Waals surface area contributed by atoms with E-state index in [-0.39, 0.29) is 23.3 Å². The van der Waals surface area contributed by atoms with Gasteiger partial charge in [-0.1, -0.05) is 23.9 Å². The third kappa shape index (κ3) is 4.84. The van der Waals surface area contributed by atoms with Crippen LogP contribution in [0.3, 0.4) is 0 Å². The van der Waals surface area contributed by atoms with Crippen LogP contribution in [0.5, 0.6) is 0 Å². The molecule has 0 fully saturated rings. The van der Waals surface area contributed by atoms with Gasteiger partial charge in [-0.25, -0.2) is 4.98 Å². The number of hydrogen-bond donors (Lipinski definition) is 1. The minimum atomic E-state index is -0.110. The molecule has 1 amide bonds. The van der Waals surface area contributed by atoms with Crippen LogP contribution in [-0.2, 0) is 16.0 Å². The van der Waals surface area contributed by atoms with Crippen molar-refractivity contribution < 1.29 is 9.53 Å². The highest BCUT2D eigenvalue weighted by Gasteiger charge is 2.23. The Bertz CT molecular complexity index is 1170. The summed E-state index contributed by atoms with van der Waals surface area (Å²) in [6.07, 6.45) is 1.99. The number of carbonyl (C=O) groups excluding carboxylic acids is 1. The van der Waals surface area contributed by atoms with E-state index in [1.807, 2.05) is 49.9 Å². The van der Waals surface area contributed by atoms with E-state index in [1.54, 1.807) is 23.0 Å². The number of aryl methyl sites for hydroxylation is 2. The predicted molar refractivity (Wildman–Crippen MR) is 129 cm³/mol. The van der Waals surface area contributed by atoms with Crippen LogP contribution in [0.1, 0.15) is 24.5 Å². The van der Waals surface area contributed by atoms with Gasteiger partial charge < -0.3 is 10.1 Å². The number of nitrogens with one attached hydrogen (secondary N) is 1. The van der Waals surface area contributed by atoms with E-state index in [4.69, 9.17) is 9.72 Å². The van der Waals surface area contributed by atoms with Gasteiger partial charge in [0.15, 0.2) is 5.16 Å². The topological polar surface area (TPSA) is 73.2 Å². The van der Waals surface area contributed by atoms with Gasteiger partial charge in [-0.05, 0) is 55.7 Å². The lowest BCUT2D eigenvalue weighted by Gasteiger charge is -2.15. The van der Waals surface area contributed by atoms with E-state index in [2.05, 4.69) is 5.32 Å². The summed E-state index contributed by atoms with van der Waals surface area (Å²) in [6, 6.07) is 7.76. The molecule has 0 radical (unpaired) electrons. The molecule has 0 saturated heterocycles. The Hall–Kier alpha value is -1.81. The van der Waals surface area contributed by atoms with Gasteiger partial charge in [0.1, 0.15) is 4.83 Å². The van der Waals surface area contributed by atoms with Crippen LogP contribution in [0.25, 0.3) is 15.9 Å². The zero-order valence-corrected chi connectivity index (χ0v) is 20.2. The van der Waals surface area contributed by atoms with Gasteiger partial charge in [-0.15, -0.1) is 23.1 Å². The summed E-state index contributed by atoms with van der Waals surface area (Å²) in [6.45, 7) is 4.35. The molecule has 9 heteroatoms. The van der Waals surface area contributed by atoms with Gasteiger partial charge in [0.05, 0.1) is 27.6 Å². The van der Waals surface area contributed by atoms with Crippen molar-refractivity contribution in [3.8, 4) is 5.69 Å². The second kappa shape index (κ2) is 9.77. The molecule has 1 aliphatic rings. The second-order valence-corrected chi connectivity index (χ2v) is 10.9. The fraction of sp³-hybridized carbons (Fsp3) is 0.409. The molecule has 164 valence electrons. The molecule has 4 rings (SSSR count). The second-order valence-electron chi connectivity index (χ2n) is 7.59. The van der Waals surface area contributed by atoms with Crippen LogP contribution >= 0.6 is 34.9 Å². The van der Waals surface area contributed by atoms with E-state index < -0.39 is 0 Å². The van der Waals surface area contributed by atoms with Crippen LogP contribution in [0.4, 0.5) is 0 Å². The summed E-state index contributed by atoms with van der Waals surface area (Å²) in [5.41, 5.74) is 2.93. The molecular weight excluding hydrogens is 450 g/mol. The molecule has 0 bridgehead atoms. The van der Waals surface area contributed by atoms with Gasteiger partial charge >= 0.3 is 0 Å². The number of carbonyl (C=O) groups is 1. The minimum absolute atomic E-state index is 0.0498. The molecule has 1 aliphatic heterocycles. The Balaban J connectivity index is 1.75. The minimum Gasteiger partial charge on any atom is -0.383 e. The molecule has 0 spiro atoms. The predicted octanol–water partition coefficient (Wildman–Crippen LogP) is 4.04. The fourth-order valence-electron chi connectivity index (χ4n) is 3.65. The first kappa shape index (κ1) is 22.4. The van der Waals surface area contributed by atoms with Gasteiger partial charge in [0.2, 0.25) is 5.91 Å². The van der Waals surface area contributed by atoms with Crippen molar-refractivity contribution in [3.05, 3.63) is 45.7 Å². The normalized spacial score (nSPS) is 14.4. The van der Waals surface area contributed by atoms with Crippen molar-refractivity contribution in [1.29, 1.82) is 0 Å². The lowest BCUT2D eigenvalue weighted by Crippen LogP contribution is -2.36. The van der Waals surface area contributed by atoms with Gasteiger partial charge in [-0.3, -0.25) is 14.2 Å². The first-order chi connectivity index (χ1) is 15.0. The van der Waals surface area contributed by atoms with Crippen LogP contribution in [0.15, 0.2) is 38.4 Å². The summed E-state index contributed by atoms with van der Waals surface area (Å²) < 4.78 is 7.95. The van der Waals surface area contributed by atoms with Crippen molar-refractivity contribution in [2.45, 2.75) is 42.1 Å². The van der Waals surface area contributed by atoms with Gasteiger partial charge in [0.25, 0.3) is 5.56 Å². The number of ether oxygens (including phenoxy) is 1. The molecule has 0 saturated carbocycles. The third-order valence-corrected chi connectivity index (χ3v) is 8.44. The number of rotatable bonds is 7. The highest BCUT2D eigenvalue weighted by atomic mass is 32.2. The summed E-state index contributed by atoms with van der Waals surface area (Å²) >= 11 is 4.69. The summed E-state index contributed by atoms with van der Waals surface area (Å²) in [5.74, 6) is 1.14. The molecule has 6 nitrogen and oxygen atoms in total. The maximum atomic E-state index is 13.7. The molecule has 3 aromatic rings. The molecule has 31 heavy (non-hydrogen) atoms. The maximum Gasteiger partial charge on any atom is 0.267 e. The first-order valence-electron chi connectivity index (χ1n) is 10.2. The Morgan fingerprint density at radius 3 is 3.03 bits per heavy atom. The Morgan fingerprint density at radius 1 is 1.42 bits per heavy atom. The van der Waals surface area contributed by atoms with Crippen LogP contribution in [0.2, 0.25) is 0 Å². The smallest absolute Gasteiger partial charge is 0.267 e. The van der Waals surface area contributed by atoms with E-state index >= 15 is 0 Å². The van der Waals surface area contributed by atoms with E-state index in [0.717, 1.165) is 45.6 Å². The molecule has 0 aliphatic carbocycles. The van der Waals surface area contributed by atoms with Crippen molar-refractivity contribution in [2.75, 3.05) is 25.2 Å². The SMILES string of the molecule is COCC(C)NC(=O)CSc1nc2sc3c(c2c(=O)n1-c1cccc(C)c1)CCCS3. The Labute approximate surface area is 193 Å². The zero-order valence-electron chi connectivity index (χ0n) is 17.8. The maximum absolute atomic E-state index is 13.7. The van der Waals surface area contributed by atoms with Crippen LogP contribution < -0.4 is 10.9 Å². The number of amides is 1. The highest BCUT2D eigenvalue weighted by Crippen LogP contribution is 2.40. The number of nitrogens with zero attached hydrogens (tertiary/aromatic N) is 2. The van der Waals surface area contributed by atoms with Crippen LogP contribution in [0, 0.1) is 6.92 Å². The van der Waals surface area contributed by atoms with Gasteiger partial charge in [0, 0.05) is 13.2 Å². The lowest BCUT2D eigenvalue weighted by molar-refractivity contribution is -0.119. The number of hydrogen-bond acceptors (Lipinski definition) is 7. The fourth-order valence-corrected chi connectivity index (χ4v) is 7.05. The van der Waals surface area contributed by atoms with Crippen molar-refractivity contribution in [2.24, 2.45) is 0 Å². The first-order valence-corrected chi connectivity index (χ1v) is 13.0. The quantitative estimate of drug-likeness (QED) is 0.411. The highest BCUT2D eigenvalue weighted by molar-refractivity contribution is 8.01. The molecular formula is C22H25N3O3S3. The summed E-state index contributed by atoms with van der Waals surface area (Å²) in [4.78, 5) is 31.7. The molecule has 3 heterocycles. The number of aromatic nitrogens is 2. The van der Waals surface area contributed by atoms with E-state index in [0.29, 0.717) is 11.8 Å². The number of fused-ring (bicyclic) bond motifs is 3. The third-order valence-electron chi connectivity index (χ3n) is 4.98. The summed E-state index contributed by atoms with van der Waals surface area (Å²) in [5, 5.41) is 4.19. The largest absolute Gasteiger partial charge is 0.383 e. The van der Waals surface area contributed by atoms with E-state index in [9.17, 15) is 9.59 Å². The van der Waals surface area contributed by atoms with Gasteiger partial charge in [-0.2, -0.15) is 0 Å². The van der Waals surface area contributed by atoms with Crippen molar-refractivity contribution in [1.82, 2.24) is 14.9 Å². The average Bonchev–Trinajstić information content (AvgIpc) is 3.11. The lowest BCUT2D eigenvalue weighted by atomic mass is 10.1. The summed E-state index contributed by atoms with van der Waals surface area (Å²) in [7, 11) is 1.61. The monoisotopic (exact) mass is 475 g/mol. The Morgan fingerprint density at radius 2 is 2.26 bits per heavy atom. The van der Waals surface area contributed by atoms with E-state index in [1.165, 1.54) is 16.0 Å². The Kier molecular flexibility index (Phi) is 7.05. The average molecular weight is 476 g/mol. The number of thiophene rings is 1. The molecule has 2 aromatic heterocycles. The number of benzene rings is 1. The number of methoxy groups -OCH3 is 1. The molecule has 1 atom stereocenters. The van der Waals surface area contributed by atoms with Crippen LogP contribution in [-0.4, -0.2) is 46.7 Å². The zero-order chi connectivity index (χ0) is 22.0. The number of thioether (sulfide) groups is 2. The molecule has 1 aromatic carbocycles. The molecule has 1 N–H and O–H groups in total.